The van der Waals surface area contributed by atoms with E-state index in [0.717, 1.165) is 11.1 Å². The van der Waals surface area contributed by atoms with E-state index in [2.05, 4.69) is 26.6 Å². The number of rotatable bonds is 5. The van der Waals surface area contributed by atoms with Gasteiger partial charge in [0.05, 0.1) is 30.8 Å². The van der Waals surface area contributed by atoms with E-state index >= 15 is 0 Å². The average molecular weight is 438 g/mol. The van der Waals surface area contributed by atoms with Gasteiger partial charge in [-0.05, 0) is 49.2 Å². The van der Waals surface area contributed by atoms with Crippen molar-refractivity contribution in [3.8, 4) is 5.75 Å². The van der Waals surface area contributed by atoms with E-state index in [9.17, 15) is 14.4 Å². The van der Waals surface area contributed by atoms with Crippen LogP contribution in [0.25, 0.3) is 0 Å². The summed E-state index contributed by atoms with van der Waals surface area (Å²) in [5.41, 5.74) is 3.36. The summed E-state index contributed by atoms with van der Waals surface area (Å²) in [6.07, 6.45) is -1.40. The Balaban J connectivity index is 1.50. The molecule has 4 rings (SSSR count). The smallest absolute Gasteiger partial charge is 0.229 e. The van der Waals surface area contributed by atoms with Crippen molar-refractivity contribution in [2.45, 2.75) is 32.7 Å². The Morgan fingerprint density at radius 2 is 1.78 bits per heavy atom. The summed E-state index contributed by atoms with van der Waals surface area (Å²) < 4.78 is 5.33. The number of anilines is 2. The van der Waals surface area contributed by atoms with Gasteiger partial charge in [-0.1, -0.05) is 18.2 Å². The lowest BCUT2D eigenvalue weighted by atomic mass is 9.81. The number of amides is 3. The third kappa shape index (κ3) is 4.52. The van der Waals surface area contributed by atoms with Crippen molar-refractivity contribution in [1.29, 1.82) is 0 Å². The van der Waals surface area contributed by atoms with Crippen molar-refractivity contribution in [3.63, 3.8) is 0 Å². The molecule has 2 heterocycles. The number of benzene rings is 2. The zero-order valence-corrected chi connectivity index (χ0v) is 18.2. The quantitative estimate of drug-likeness (QED) is 0.483. The molecule has 9 heteroatoms. The lowest BCUT2D eigenvalue weighted by Crippen LogP contribution is -2.72. The van der Waals surface area contributed by atoms with Gasteiger partial charge >= 0.3 is 0 Å². The van der Waals surface area contributed by atoms with Gasteiger partial charge in [-0.3, -0.25) is 19.7 Å². The normalized spacial score (nSPS) is 24.6. The van der Waals surface area contributed by atoms with Crippen molar-refractivity contribution < 1.29 is 19.1 Å². The molecule has 0 aliphatic carbocycles. The maximum absolute atomic E-state index is 13.1. The predicted molar refractivity (Wildman–Crippen MR) is 120 cm³/mol. The van der Waals surface area contributed by atoms with Gasteiger partial charge in [0.25, 0.3) is 0 Å². The van der Waals surface area contributed by atoms with Crippen molar-refractivity contribution in [2.24, 2.45) is 11.8 Å². The first-order valence-corrected chi connectivity index (χ1v) is 10.5. The largest absolute Gasteiger partial charge is 0.495 e. The van der Waals surface area contributed by atoms with E-state index in [1.165, 1.54) is 0 Å². The Hall–Kier alpha value is -3.59. The highest BCUT2D eigenvalue weighted by molar-refractivity contribution is 6.00. The minimum Gasteiger partial charge on any atom is -0.495 e. The summed E-state index contributed by atoms with van der Waals surface area (Å²) >= 11 is 0. The second-order valence-corrected chi connectivity index (χ2v) is 8.20. The van der Waals surface area contributed by atoms with Crippen LogP contribution in [0.5, 0.6) is 5.75 Å². The second-order valence-electron chi connectivity index (χ2n) is 8.20. The molecule has 5 N–H and O–H groups in total. The first kappa shape index (κ1) is 21.6. The van der Waals surface area contributed by atoms with Crippen LogP contribution in [-0.4, -0.2) is 37.3 Å². The maximum Gasteiger partial charge on any atom is 0.229 e. The van der Waals surface area contributed by atoms with Crippen LogP contribution in [0.3, 0.4) is 0 Å². The van der Waals surface area contributed by atoms with Crippen LogP contribution in [0, 0.1) is 25.7 Å². The first-order chi connectivity index (χ1) is 15.3. The van der Waals surface area contributed by atoms with Crippen molar-refractivity contribution in [1.82, 2.24) is 16.0 Å². The van der Waals surface area contributed by atoms with Crippen LogP contribution in [0.2, 0.25) is 0 Å². The lowest BCUT2D eigenvalue weighted by molar-refractivity contribution is -0.144. The van der Waals surface area contributed by atoms with E-state index < -0.39 is 24.3 Å². The minimum absolute atomic E-state index is 0.0580. The SMILES string of the molecule is COc1ccccc1NC1NC(=O)C2C(NC(=O)CC2C(=O)Nc2cc(C)cc(C)c2)N1. The molecule has 3 amide bonds. The molecule has 4 unspecified atom stereocenters. The number of ether oxygens (including phenoxy) is 1. The highest BCUT2D eigenvalue weighted by Gasteiger charge is 2.48. The molecule has 2 aliphatic rings. The molecule has 2 aromatic carbocycles. The molecule has 0 aromatic heterocycles. The molecule has 0 bridgehead atoms. The number of fused-ring (bicyclic) bond motifs is 1. The Labute approximate surface area is 186 Å². The summed E-state index contributed by atoms with van der Waals surface area (Å²) in [6, 6.07) is 13.0. The molecule has 0 saturated carbocycles. The van der Waals surface area contributed by atoms with E-state index in [0.29, 0.717) is 17.1 Å². The van der Waals surface area contributed by atoms with Gasteiger partial charge in [-0.15, -0.1) is 0 Å². The molecule has 9 nitrogen and oxygen atoms in total. The summed E-state index contributed by atoms with van der Waals surface area (Å²) in [5.74, 6) is -1.88. The lowest BCUT2D eigenvalue weighted by Gasteiger charge is -2.43. The summed E-state index contributed by atoms with van der Waals surface area (Å²) in [5, 5.41) is 14.8. The van der Waals surface area contributed by atoms with Crippen molar-refractivity contribution in [2.75, 3.05) is 17.7 Å². The van der Waals surface area contributed by atoms with Gasteiger partial charge in [0, 0.05) is 12.1 Å². The van der Waals surface area contributed by atoms with Gasteiger partial charge in [0.1, 0.15) is 5.75 Å². The Morgan fingerprint density at radius 3 is 2.50 bits per heavy atom. The molecule has 4 atom stereocenters. The number of carbonyl (C=O) groups excluding carboxylic acids is 3. The van der Waals surface area contributed by atoms with Crippen LogP contribution in [0.4, 0.5) is 11.4 Å². The van der Waals surface area contributed by atoms with Gasteiger partial charge in [-0.2, -0.15) is 0 Å². The highest BCUT2D eigenvalue weighted by atomic mass is 16.5. The monoisotopic (exact) mass is 437 g/mol. The number of hydrogen-bond donors (Lipinski definition) is 5. The molecule has 2 saturated heterocycles. The zero-order valence-electron chi connectivity index (χ0n) is 18.2. The van der Waals surface area contributed by atoms with Crippen LogP contribution in [-0.2, 0) is 14.4 Å². The topological polar surface area (TPSA) is 121 Å². The molecule has 32 heavy (non-hydrogen) atoms. The standard InChI is InChI=1S/C23H27N5O4/c1-12-8-13(2)10-14(9-12)24-21(30)15-11-18(29)26-20-19(15)22(31)28-23(27-20)25-16-6-4-5-7-17(16)32-3/h4-10,15,19-20,23,25,27H,11H2,1-3H3,(H,24,30)(H,26,29)(H,28,31). The van der Waals surface area contributed by atoms with Crippen molar-refractivity contribution >= 4 is 29.1 Å². The molecule has 2 fully saturated rings. The maximum atomic E-state index is 13.1. The molecule has 168 valence electrons. The minimum atomic E-state index is -0.797. The molecule has 0 spiro atoms. The summed E-state index contributed by atoms with van der Waals surface area (Å²) in [7, 11) is 1.56. The molecule has 2 aromatic rings. The van der Waals surface area contributed by atoms with Gasteiger partial charge in [0.2, 0.25) is 17.7 Å². The summed E-state index contributed by atoms with van der Waals surface area (Å²) in [6.45, 7) is 3.89. The third-order valence-electron chi connectivity index (χ3n) is 5.68. The van der Waals surface area contributed by atoms with Crippen LogP contribution >= 0.6 is 0 Å². The number of para-hydroxylation sites is 2. The zero-order chi connectivity index (χ0) is 22.8. The van der Waals surface area contributed by atoms with Crippen LogP contribution < -0.4 is 31.3 Å². The number of carbonyl (C=O) groups is 3. The van der Waals surface area contributed by atoms with Gasteiger partial charge in [0.15, 0.2) is 6.29 Å². The average Bonchev–Trinajstić information content (AvgIpc) is 2.72. The Bertz CT molecular complexity index is 1040. The number of nitrogens with one attached hydrogen (secondary N) is 5. The van der Waals surface area contributed by atoms with Gasteiger partial charge in [-0.25, -0.2) is 0 Å². The Kier molecular flexibility index (Phi) is 6.00. The summed E-state index contributed by atoms with van der Waals surface area (Å²) in [4.78, 5) is 38.4. The molecular weight excluding hydrogens is 410 g/mol. The second kappa shape index (κ2) is 8.88. The fourth-order valence-electron chi connectivity index (χ4n) is 4.36. The fraction of sp³-hybridized carbons (Fsp3) is 0.348. The number of methoxy groups -OCH3 is 1. The van der Waals surface area contributed by atoms with E-state index in [-0.39, 0.29) is 24.1 Å². The molecule has 0 radical (unpaired) electrons. The highest BCUT2D eigenvalue weighted by Crippen LogP contribution is 2.29. The first-order valence-electron chi connectivity index (χ1n) is 10.5. The van der Waals surface area contributed by atoms with Crippen molar-refractivity contribution in [3.05, 3.63) is 53.6 Å². The van der Waals surface area contributed by atoms with Crippen LogP contribution in [0.15, 0.2) is 42.5 Å². The van der Waals surface area contributed by atoms with Crippen LogP contribution in [0.1, 0.15) is 17.5 Å². The van der Waals surface area contributed by atoms with E-state index in [1.807, 2.05) is 50.2 Å². The molecular formula is C23H27N5O4. The van der Waals surface area contributed by atoms with E-state index in [1.54, 1.807) is 13.2 Å². The number of piperidine rings is 1. The molecule has 2 aliphatic heterocycles. The predicted octanol–water partition coefficient (Wildman–Crippen LogP) is 1.44. The third-order valence-corrected chi connectivity index (χ3v) is 5.68. The van der Waals surface area contributed by atoms with Gasteiger partial charge < -0.3 is 26.0 Å². The fourth-order valence-corrected chi connectivity index (χ4v) is 4.36. The van der Waals surface area contributed by atoms with E-state index in [4.69, 9.17) is 4.74 Å². The number of hydrogen-bond acceptors (Lipinski definition) is 6. The number of aryl methyl sites for hydroxylation is 2. The Morgan fingerprint density at radius 1 is 1.06 bits per heavy atom.